The maximum absolute atomic E-state index is 10.7. The van der Waals surface area contributed by atoms with Crippen LogP contribution in [-0.4, -0.2) is 12.5 Å². The van der Waals surface area contributed by atoms with Crippen molar-refractivity contribution in [1.82, 2.24) is 5.32 Å². The van der Waals surface area contributed by atoms with Crippen molar-refractivity contribution < 1.29 is 4.79 Å². The van der Waals surface area contributed by atoms with Gasteiger partial charge in [-0.05, 0) is 23.6 Å². The highest BCUT2D eigenvalue weighted by Crippen LogP contribution is 2.17. The first-order valence-corrected chi connectivity index (χ1v) is 4.97. The summed E-state index contributed by atoms with van der Waals surface area (Å²) in [6, 6.07) is 7.69. The highest BCUT2D eigenvalue weighted by Gasteiger charge is 2.05. The van der Waals surface area contributed by atoms with Crippen molar-refractivity contribution in [1.29, 1.82) is 0 Å². The molecule has 0 radical (unpaired) electrons. The van der Waals surface area contributed by atoms with Crippen molar-refractivity contribution in [3.05, 3.63) is 34.9 Å². The molecule has 0 saturated carbocycles. The molecule has 1 rings (SSSR count). The standard InChI is InChI=1S/C11H14ClNO/c1-8(7-13-9(2)14)10-3-5-11(12)6-4-10/h3-6,8H,7H2,1-2H3,(H,13,14). The second-order valence-corrected chi connectivity index (χ2v) is 3.83. The third-order valence-corrected chi connectivity index (χ3v) is 2.35. The van der Waals surface area contributed by atoms with Gasteiger partial charge >= 0.3 is 0 Å². The van der Waals surface area contributed by atoms with Gasteiger partial charge < -0.3 is 5.32 Å². The number of hydrogen-bond acceptors (Lipinski definition) is 1. The fraction of sp³-hybridized carbons (Fsp3) is 0.364. The highest BCUT2D eigenvalue weighted by molar-refractivity contribution is 6.30. The maximum Gasteiger partial charge on any atom is 0.216 e. The van der Waals surface area contributed by atoms with Gasteiger partial charge in [-0.3, -0.25) is 4.79 Å². The average Bonchev–Trinajstić information content (AvgIpc) is 2.15. The largest absolute Gasteiger partial charge is 0.356 e. The van der Waals surface area contributed by atoms with Gasteiger partial charge in [0.15, 0.2) is 0 Å². The Morgan fingerprint density at radius 2 is 2.00 bits per heavy atom. The van der Waals surface area contributed by atoms with Crippen molar-refractivity contribution in [3.63, 3.8) is 0 Å². The number of hydrogen-bond donors (Lipinski definition) is 1. The van der Waals surface area contributed by atoms with E-state index in [1.807, 2.05) is 24.3 Å². The molecular formula is C11H14ClNO. The van der Waals surface area contributed by atoms with Crippen molar-refractivity contribution >= 4 is 17.5 Å². The van der Waals surface area contributed by atoms with E-state index in [9.17, 15) is 4.79 Å². The molecule has 2 nitrogen and oxygen atoms in total. The number of rotatable bonds is 3. The van der Waals surface area contributed by atoms with E-state index in [2.05, 4.69) is 12.2 Å². The zero-order chi connectivity index (χ0) is 10.6. The van der Waals surface area contributed by atoms with Gasteiger partial charge in [-0.2, -0.15) is 0 Å². The van der Waals surface area contributed by atoms with Crippen LogP contribution in [0.5, 0.6) is 0 Å². The first-order valence-electron chi connectivity index (χ1n) is 4.59. The Kier molecular flexibility index (Phi) is 3.96. The highest BCUT2D eigenvalue weighted by atomic mass is 35.5. The second-order valence-electron chi connectivity index (χ2n) is 3.39. The van der Waals surface area contributed by atoms with E-state index in [1.165, 1.54) is 12.5 Å². The first-order chi connectivity index (χ1) is 6.59. The van der Waals surface area contributed by atoms with E-state index in [0.29, 0.717) is 12.5 Å². The van der Waals surface area contributed by atoms with Crippen molar-refractivity contribution in [2.24, 2.45) is 0 Å². The number of nitrogens with one attached hydrogen (secondary N) is 1. The number of carbonyl (C=O) groups is 1. The molecule has 3 heteroatoms. The van der Waals surface area contributed by atoms with Crippen LogP contribution in [0.3, 0.4) is 0 Å². The Morgan fingerprint density at radius 3 is 2.50 bits per heavy atom. The Hall–Kier alpha value is -1.02. The molecule has 1 atom stereocenters. The normalized spacial score (nSPS) is 12.2. The smallest absolute Gasteiger partial charge is 0.216 e. The predicted molar refractivity (Wildman–Crippen MR) is 58.6 cm³/mol. The summed E-state index contributed by atoms with van der Waals surface area (Å²) in [5, 5.41) is 3.52. The predicted octanol–water partition coefficient (Wildman–Crippen LogP) is 2.58. The minimum absolute atomic E-state index is 0.00538. The van der Waals surface area contributed by atoms with Crippen LogP contribution in [0.4, 0.5) is 0 Å². The summed E-state index contributed by atoms with van der Waals surface area (Å²) in [6.45, 7) is 4.25. The summed E-state index contributed by atoms with van der Waals surface area (Å²) in [4.78, 5) is 10.7. The summed E-state index contributed by atoms with van der Waals surface area (Å²) in [5.41, 5.74) is 1.18. The molecule has 1 aromatic rings. The number of carbonyl (C=O) groups excluding carboxylic acids is 1. The third kappa shape index (κ3) is 3.38. The summed E-state index contributed by atoms with van der Waals surface area (Å²) in [6.07, 6.45) is 0. The van der Waals surface area contributed by atoms with E-state index in [-0.39, 0.29) is 5.91 Å². The Bertz CT molecular complexity index is 308. The van der Waals surface area contributed by atoms with Gasteiger partial charge in [-0.1, -0.05) is 30.7 Å². The molecule has 0 spiro atoms. The van der Waals surface area contributed by atoms with Crippen molar-refractivity contribution in [2.75, 3.05) is 6.54 Å². The summed E-state index contributed by atoms with van der Waals surface area (Å²) in [5.74, 6) is 0.321. The maximum atomic E-state index is 10.7. The van der Waals surface area contributed by atoms with Gasteiger partial charge in [0.05, 0.1) is 0 Å². The number of benzene rings is 1. The topological polar surface area (TPSA) is 29.1 Å². The van der Waals surface area contributed by atoms with Crippen LogP contribution >= 0.6 is 11.6 Å². The summed E-state index contributed by atoms with van der Waals surface area (Å²) < 4.78 is 0. The monoisotopic (exact) mass is 211 g/mol. The summed E-state index contributed by atoms with van der Waals surface area (Å²) >= 11 is 5.77. The SMILES string of the molecule is CC(=O)NCC(C)c1ccc(Cl)cc1. The fourth-order valence-corrected chi connectivity index (χ4v) is 1.33. The molecule has 76 valence electrons. The lowest BCUT2D eigenvalue weighted by molar-refractivity contribution is -0.119. The Balaban J connectivity index is 2.56. The molecule has 0 bridgehead atoms. The molecule has 14 heavy (non-hydrogen) atoms. The number of halogens is 1. The Morgan fingerprint density at radius 1 is 1.43 bits per heavy atom. The molecule has 1 N–H and O–H groups in total. The molecule has 0 aromatic heterocycles. The minimum Gasteiger partial charge on any atom is -0.356 e. The van der Waals surface area contributed by atoms with Crippen LogP contribution < -0.4 is 5.32 Å². The Labute approximate surface area is 89.3 Å². The van der Waals surface area contributed by atoms with E-state index in [0.717, 1.165) is 5.02 Å². The van der Waals surface area contributed by atoms with Gasteiger partial charge in [0.1, 0.15) is 0 Å². The van der Waals surface area contributed by atoms with Crippen LogP contribution in [0, 0.1) is 0 Å². The third-order valence-electron chi connectivity index (χ3n) is 2.10. The van der Waals surface area contributed by atoms with Crippen molar-refractivity contribution in [2.45, 2.75) is 19.8 Å². The van der Waals surface area contributed by atoms with E-state index in [1.54, 1.807) is 0 Å². The lowest BCUT2D eigenvalue weighted by Crippen LogP contribution is -2.24. The van der Waals surface area contributed by atoms with E-state index in [4.69, 9.17) is 11.6 Å². The quantitative estimate of drug-likeness (QED) is 0.818. The van der Waals surface area contributed by atoms with Gasteiger partial charge in [-0.25, -0.2) is 0 Å². The molecule has 0 aliphatic heterocycles. The molecule has 0 aliphatic carbocycles. The van der Waals surface area contributed by atoms with Gasteiger partial charge in [0.25, 0.3) is 0 Å². The molecule has 1 unspecified atom stereocenters. The molecule has 1 amide bonds. The average molecular weight is 212 g/mol. The second kappa shape index (κ2) is 5.01. The van der Waals surface area contributed by atoms with Gasteiger partial charge in [-0.15, -0.1) is 0 Å². The minimum atomic E-state index is 0.00538. The molecule has 0 saturated heterocycles. The zero-order valence-electron chi connectivity index (χ0n) is 8.38. The number of amides is 1. The molecular weight excluding hydrogens is 198 g/mol. The lowest BCUT2D eigenvalue weighted by atomic mass is 10.0. The van der Waals surface area contributed by atoms with Crippen LogP contribution in [0.2, 0.25) is 5.02 Å². The van der Waals surface area contributed by atoms with E-state index < -0.39 is 0 Å². The van der Waals surface area contributed by atoms with E-state index >= 15 is 0 Å². The van der Waals surface area contributed by atoms with Crippen LogP contribution in [0.1, 0.15) is 25.3 Å². The van der Waals surface area contributed by atoms with Gasteiger partial charge in [0.2, 0.25) is 5.91 Å². The molecule has 0 heterocycles. The fourth-order valence-electron chi connectivity index (χ4n) is 1.21. The van der Waals surface area contributed by atoms with Gasteiger partial charge in [0, 0.05) is 18.5 Å². The van der Waals surface area contributed by atoms with Crippen LogP contribution in [0.15, 0.2) is 24.3 Å². The molecule has 1 aromatic carbocycles. The zero-order valence-corrected chi connectivity index (χ0v) is 9.14. The van der Waals surface area contributed by atoms with Crippen LogP contribution in [-0.2, 0) is 4.79 Å². The van der Waals surface area contributed by atoms with Crippen molar-refractivity contribution in [3.8, 4) is 0 Å². The first kappa shape index (κ1) is 11.1. The molecule has 0 aliphatic rings. The van der Waals surface area contributed by atoms with Crippen LogP contribution in [0.25, 0.3) is 0 Å². The summed E-state index contributed by atoms with van der Waals surface area (Å²) in [7, 11) is 0. The lowest BCUT2D eigenvalue weighted by Gasteiger charge is -2.11. The molecule has 0 fully saturated rings.